The highest BCUT2D eigenvalue weighted by Crippen LogP contribution is 2.34. The van der Waals surface area contributed by atoms with Crippen LogP contribution in [0.15, 0.2) is 70.6 Å². The van der Waals surface area contributed by atoms with Gasteiger partial charge in [0.25, 0.3) is 0 Å². The Hall–Kier alpha value is -3.48. The lowest BCUT2D eigenvalue weighted by molar-refractivity contribution is -0.143. The molecule has 1 atom stereocenters. The number of rotatable bonds is 18. The molecule has 1 aromatic carbocycles. The van der Waals surface area contributed by atoms with E-state index in [2.05, 4.69) is 25.7 Å². The summed E-state index contributed by atoms with van der Waals surface area (Å²) in [4.78, 5) is 23.6. The molecule has 1 heterocycles. The fourth-order valence-electron chi connectivity index (χ4n) is 4.77. The minimum atomic E-state index is -1.72. The number of carbonyl (C=O) groups excluding carboxylic acids is 1. The minimum absolute atomic E-state index is 0.127. The molecule has 0 radical (unpaired) electrons. The van der Waals surface area contributed by atoms with Crippen molar-refractivity contribution >= 4 is 28.9 Å². The van der Waals surface area contributed by atoms with E-state index in [1.54, 1.807) is 6.20 Å². The second-order valence-corrected chi connectivity index (χ2v) is 12.0. The lowest BCUT2D eigenvalue weighted by Gasteiger charge is -2.25. The van der Waals surface area contributed by atoms with Crippen LogP contribution >= 0.6 is 0 Å². The summed E-state index contributed by atoms with van der Waals surface area (Å²) in [6, 6.07) is 13.8. The molecule has 0 saturated carbocycles. The molecule has 44 heavy (non-hydrogen) atoms. The van der Waals surface area contributed by atoms with Gasteiger partial charge in [-0.15, -0.1) is 0 Å². The summed E-state index contributed by atoms with van der Waals surface area (Å²) in [6.45, 7) is 19.2. The highest BCUT2D eigenvalue weighted by atomic mass is 19.1. The van der Waals surface area contributed by atoms with E-state index in [9.17, 15) is 4.79 Å². The first-order chi connectivity index (χ1) is 20.9. The number of unbranched alkanes of at least 4 members (excludes halogenated alkanes) is 1. The molecule has 2 aromatic rings. The van der Waals surface area contributed by atoms with Gasteiger partial charge in [0.1, 0.15) is 17.3 Å². The van der Waals surface area contributed by atoms with Crippen molar-refractivity contribution in [1.29, 1.82) is 0 Å². The first kappa shape index (κ1) is 36.7. The van der Waals surface area contributed by atoms with E-state index < -0.39 is 5.67 Å². The Labute approximate surface area is 265 Å². The van der Waals surface area contributed by atoms with Crippen LogP contribution in [-0.2, 0) is 14.3 Å². The van der Waals surface area contributed by atoms with Crippen LogP contribution in [-0.4, -0.2) is 42.0 Å². The normalized spacial score (nSPS) is 14.0. The first-order valence-electron chi connectivity index (χ1n) is 16.2. The maximum atomic E-state index is 15.6. The molecule has 0 amide bonds. The van der Waals surface area contributed by atoms with Crippen molar-refractivity contribution in [3.63, 3.8) is 0 Å². The summed E-state index contributed by atoms with van der Waals surface area (Å²) < 4.78 is 27.1. The molecule has 0 fully saturated rings. The highest BCUT2D eigenvalue weighted by molar-refractivity contribution is 6.00. The van der Waals surface area contributed by atoms with Crippen molar-refractivity contribution in [2.45, 2.75) is 107 Å². The Kier molecular flexibility index (Phi) is 15.3. The number of alkyl halides is 1. The first-order valence-corrected chi connectivity index (χ1v) is 16.2. The number of halogens is 1. The van der Waals surface area contributed by atoms with Crippen molar-refractivity contribution in [2.75, 3.05) is 24.6 Å². The Morgan fingerprint density at radius 1 is 1.02 bits per heavy atom. The molecule has 0 bridgehead atoms. The van der Waals surface area contributed by atoms with E-state index in [0.717, 1.165) is 62.1 Å². The van der Waals surface area contributed by atoms with Gasteiger partial charge < -0.3 is 14.4 Å². The lowest BCUT2D eigenvalue weighted by atomic mass is 10.0. The standard InChI is InChI=1S/C37H54FN3O3/c1-10-13-24-41(25-23-27(4)19-22-34(42)43-12-3)33-21-20-32(26-39-33)40-30(7)29(6)36(37(8,9)38)44-35(28(5)11-2)31-17-15-14-16-18-31/h14-18,20-21,26-27H,10-13,19,22-25H2,1-9H3. The maximum Gasteiger partial charge on any atom is 0.305 e. The van der Waals surface area contributed by atoms with Crippen LogP contribution in [0.4, 0.5) is 15.9 Å². The molecule has 0 saturated heterocycles. The average Bonchev–Trinajstić information content (AvgIpc) is 3.00. The van der Waals surface area contributed by atoms with Crippen LogP contribution < -0.4 is 4.90 Å². The molecule has 0 aliphatic rings. The van der Waals surface area contributed by atoms with Gasteiger partial charge >= 0.3 is 5.97 Å². The third-order valence-electron chi connectivity index (χ3n) is 7.75. The van der Waals surface area contributed by atoms with Crippen molar-refractivity contribution in [1.82, 2.24) is 4.98 Å². The lowest BCUT2D eigenvalue weighted by Crippen LogP contribution is -2.27. The number of allylic oxidation sites excluding steroid dienone is 3. The summed E-state index contributed by atoms with van der Waals surface area (Å²) in [6.07, 6.45) is 6.96. The van der Waals surface area contributed by atoms with Crippen molar-refractivity contribution in [3.05, 3.63) is 71.1 Å². The van der Waals surface area contributed by atoms with Crippen LogP contribution in [0.25, 0.3) is 5.76 Å². The number of carbonyl (C=O) groups is 1. The molecule has 0 aliphatic carbocycles. The van der Waals surface area contributed by atoms with E-state index in [0.29, 0.717) is 41.7 Å². The van der Waals surface area contributed by atoms with Gasteiger partial charge in [0.15, 0.2) is 5.67 Å². The summed E-state index contributed by atoms with van der Waals surface area (Å²) in [5, 5.41) is 0. The Balaban J connectivity index is 2.27. The molecule has 1 aromatic heterocycles. The van der Waals surface area contributed by atoms with Gasteiger partial charge in [0.2, 0.25) is 0 Å². The zero-order chi connectivity index (χ0) is 32.7. The number of hydrogen-bond acceptors (Lipinski definition) is 6. The topological polar surface area (TPSA) is 64.0 Å². The molecule has 0 spiro atoms. The number of benzene rings is 1. The second kappa shape index (κ2) is 18.4. The van der Waals surface area contributed by atoms with Crippen LogP contribution in [0.5, 0.6) is 0 Å². The van der Waals surface area contributed by atoms with E-state index in [-0.39, 0.29) is 11.7 Å². The molecule has 0 N–H and O–H groups in total. The smallest absolute Gasteiger partial charge is 0.305 e. The van der Waals surface area contributed by atoms with Crippen molar-refractivity contribution < 1.29 is 18.7 Å². The number of pyridine rings is 1. The SMILES string of the molecule is CCCCN(CCC(C)CCC(=O)OCC)c1ccc(N=C(C)C(C)=C(OC(=C(C)CC)c2ccccc2)C(C)(C)F)cn1. The number of hydrogen-bond donors (Lipinski definition) is 0. The summed E-state index contributed by atoms with van der Waals surface area (Å²) >= 11 is 0. The third-order valence-corrected chi connectivity index (χ3v) is 7.75. The van der Waals surface area contributed by atoms with Crippen LogP contribution in [0, 0.1) is 5.92 Å². The number of aromatic nitrogens is 1. The Morgan fingerprint density at radius 2 is 1.73 bits per heavy atom. The predicted molar refractivity (Wildman–Crippen MR) is 182 cm³/mol. The molecule has 1 unspecified atom stereocenters. The van der Waals surface area contributed by atoms with E-state index in [1.165, 1.54) is 13.8 Å². The second-order valence-electron chi connectivity index (χ2n) is 12.0. The van der Waals surface area contributed by atoms with Gasteiger partial charge in [0, 0.05) is 36.4 Å². The molecular weight excluding hydrogens is 553 g/mol. The summed E-state index contributed by atoms with van der Waals surface area (Å²) in [5.74, 6) is 2.10. The number of anilines is 1. The average molecular weight is 608 g/mol. The maximum absolute atomic E-state index is 15.6. The molecule has 0 aliphatic heterocycles. The van der Waals surface area contributed by atoms with Crippen molar-refractivity contribution in [3.8, 4) is 0 Å². The summed E-state index contributed by atoms with van der Waals surface area (Å²) in [7, 11) is 0. The van der Waals surface area contributed by atoms with Gasteiger partial charge in [-0.1, -0.05) is 57.5 Å². The number of aliphatic imine (C=N–C) groups is 1. The van der Waals surface area contributed by atoms with Gasteiger partial charge in [-0.2, -0.15) is 0 Å². The van der Waals surface area contributed by atoms with Crippen LogP contribution in [0.2, 0.25) is 0 Å². The van der Waals surface area contributed by atoms with E-state index in [4.69, 9.17) is 19.5 Å². The van der Waals surface area contributed by atoms with E-state index in [1.807, 2.05) is 70.2 Å². The largest absolute Gasteiger partial charge is 0.466 e. The molecule has 2 rings (SSSR count). The molecule has 242 valence electrons. The molecular formula is C37H54FN3O3. The monoisotopic (exact) mass is 607 g/mol. The zero-order valence-corrected chi connectivity index (χ0v) is 28.5. The predicted octanol–water partition coefficient (Wildman–Crippen LogP) is 10.0. The van der Waals surface area contributed by atoms with E-state index >= 15 is 4.39 Å². The van der Waals surface area contributed by atoms with Crippen molar-refractivity contribution in [2.24, 2.45) is 10.9 Å². The Bertz CT molecular complexity index is 1260. The quantitative estimate of drug-likeness (QED) is 0.0958. The molecule has 7 heteroatoms. The Morgan fingerprint density at radius 3 is 2.30 bits per heavy atom. The number of nitrogens with zero attached hydrogens (tertiary/aromatic N) is 3. The third kappa shape index (κ3) is 11.9. The number of esters is 1. The van der Waals surface area contributed by atoms with Crippen LogP contribution in [0.3, 0.4) is 0 Å². The highest BCUT2D eigenvalue weighted by Gasteiger charge is 2.29. The fourth-order valence-corrected chi connectivity index (χ4v) is 4.77. The molecule has 6 nitrogen and oxygen atoms in total. The minimum Gasteiger partial charge on any atom is -0.466 e. The van der Waals surface area contributed by atoms with Gasteiger partial charge in [-0.25, -0.2) is 9.37 Å². The van der Waals surface area contributed by atoms with Gasteiger partial charge in [-0.05, 0) is 90.8 Å². The van der Waals surface area contributed by atoms with Crippen LogP contribution in [0.1, 0.15) is 106 Å². The summed E-state index contributed by atoms with van der Waals surface area (Å²) in [5.41, 5.74) is 2.26. The van der Waals surface area contributed by atoms with Gasteiger partial charge in [-0.3, -0.25) is 9.79 Å². The fraction of sp³-hybridized carbons (Fsp3) is 0.541. The number of ether oxygens (including phenoxy) is 2. The van der Waals surface area contributed by atoms with Gasteiger partial charge in [0.05, 0.1) is 18.5 Å². The zero-order valence-electron chi connectivity index (χ0n) is 28.5.